The van der Waals surface area contributed by atoms with E-state index in [2.05, 4.69) is 5.32 Å². The topological polar surface area (TPSA) is 106 Å². The van der Waals surface area contributed by atoms with E-state index in [1.54, 1.807) is 0 Å². The smallest absolute Gasteiger partial charge is 0.395 e. The van der Waals surface area contributed by atoms with Crippen LogP contribution in [0.25, 0.3) is 0 Å². The normalized spacial score (nSPS) is 14.6. The van der Waals surface area contributed by atoms with Crippen LogP contribution in [0.15, 0.2) is 16.5 Å². The molecule has 0 aliphatic carbocycles. The Hall–Kier alpha value is -2.38. The maximum absolute atomic E-state index is 12.0. The molecule has 1 aromatic rings. The van der Waals surface area contributed by atoms with E-state index in [9.17, 15) is 19.7 Å². The summed E-state index contributed by atoms with van der Waals surface area (Å²) in [6.07, 6.45) is 1.93. The Morgan fingerprint density at radius 3 is 2.76 bits per heavy atom. The molecule has 8 heteroatoms. The molecule has 0 aromatic carbocycles. The monoisotopic (exact) mass is 295 g/mol. The van der Waals surface area contributed by atoms with E-state index in [1.807, 2.05) is 6.92 Å². The van der Waals surface area contributed by atoms with Crippen LogP contribution in [0.4, 0.5) is 5.88 Å². The quantitative estimate of drug-likeness (QED) is 0.482. The fourth-order valence-corrected chi connectivity index (χ4v) is 2.04. The maximum atomic E-state index is 12.0. The van der Waals surface area contributed by atoms with Gasteiger partial charge in [0, 0.05) is 19.6 Å². The number of amides is 2. The lowest BCUT2D eigenvalue weighted by Gasteiger charge is -2.37. The van der Waals surface area contributed by atoms with Gasteiger partial charge in [0.25, 0.3) is 5.91 Å². The fourth-order valence-electron chi connectivity index (χ4n) is 2.04. The van der Waals surface area contributed by atoms with Gasteiger partial charge < -0.3 is 14.6 Å². The molecular weight excluding hydrogens is 278 g/mol. The van der Waals surface area contributed by atoms with Gasteiger partial charge in [-0.1, -0.05) is 13.3 Å². The summed E-state index contributed by atoms with van der Waals surface area (Å²) in [6, 6.07) is 2.41. The lowest BCUT2D eigenvalue weighted by Crippen LogP contribution is -2.55. The van der Waals surface area contributed by atoms with Crippen molar-refractivity contribution in [2.24, 2.45) is 5.92 Å². The average molecular weight is 295 g/mol. The lowest BCUT2D eigenvalue weighted by molar-refractivity contribution is -0.402. The van der Waals surface area contributed by atoms with Gasteiger partial charge >= 0.3 is 5.88 Å². The molecule has 1 aromatic heterocycles. The number of unbranched alkanes of at least 4 members (excludes halogenated alkanes) is 1. The van der Waals surface area contributed by atoms with Crippen LogP contribution >= 0.6 is 0 Å². The molecule has 1 fully saturated rings. The number of carbonyl (C=O) groups is 2. The number of furan rings is 1. The highest BCUT2D eigenvalue weighted by molar-refractivity contribution is 5.94. The van der Waals surface area contributed by atoms with Gasteiger partial charge in [0.2, 0.25) is 5.91 Å². The summed E-state index contributed by atoms with van der Waals surface area (Å²) in [5.74, 6) is -1.24. The Kier molecular flexibility index (Phi) is 4.56. The molecule has 21 heavy (non-hydrogen) atoms. The summed E-state index contributed by atoms with van der Waals surface area (Å²) in [5.41, 5.74) is 0. The van der Waals surface area contributed by atoms with Crippen molar-refractivity contribution in [3.63, 3.8) is 0 Å². The zero-order chi connectivity index (χ0) is 15.4. The second-order valence-corrected chi connectivity index (χ2v) is 4.95. The second kappa shape index (κ2) is 6.38. The van der Waals surface area contributed by atoms with Crippen molar-refractivity contribution in [3.8, 4) is 0 Å². The summed E-state index contributed by atoms with van der Waals surface area (Å²) in [7, 11) is 0. The highest BCUT2D eigenvalue weighted by Crippen LogP contribution is 2.22. The molecule has 0 unspecified atom stereocenters. The summed E-state index contributed by atoms with van der Waals surface area (Å²) < 4.78 is 4.85. The van der Waals surface area contributed by atoms with Crippen LogP contribution in [0.3, 0.4) is 0 Å². The summed E-state index contributed by atoms with van der Waals surface area (Å²) >= 11 is 0. The minimum atomic E-state index is -0.698. The average Bonchev–Trinajstić information content (AvgIpc) is 2.86. The molecule has 1 aliphatic heterocycles. The third kappa shape index (κ3) is 3.39. The third-order valence-electron chi connectivity index (χ3n) is 3.35. The zero-order valence-corrected chi connectivity index (χ0v) is 11.7. The number of rotatable bonds is 6. The molecule has 0 saturated carbocycles. The number of hydrogen-bond donors (Lipinski definition) is 1. The highest BCUT2D eigenvalue weighted by Gasteiger charge is 2.37. The van der Waals surface area contributed by atoms with Crippen LogP contribution in [-0.4, -0.2) is 41.3 Å². The Labute approximate surface area is 121 Å². The summed E-state index contributed by atoms with van der Waals surface area (Å²) in [6.45, 7) is 3.30. The van der Waals surface area contributed by atoms with Crippen LogP contribution in [0, 0.1) is 16.0 Å². The SMILES string of the molecule is CCCCNC(=O)C1CN(C(=O)c2ccc([N+](=O)[O-])o2)C1. The molecule has 2 rings (SSSR count). The molecule has 1 N–H and O–H groups in total. The largest absolute Gasteiger partial charge is 0.433 e. The van der Waals surface area contributed by atoms with Gasteiger partial charge in [0.15, 0.2) is 5.76 Å². The standard InChI is InChI=1S/C13H17N3O5/c1-2-3-6-14-12(17)9-7-15(8-9)13(18)10-4-5-11(21-10)16(19)20/h4-5,9H,2-3,6-8H2,1H3,(H,14,17). The first kappa shape index (κ1) is 15.0. The van der Waals surface area contributed by atoms with Gasteiger partial charge in [-0.25, -0.2) is 0 Å². The number of carbonyl (C=O) groups excluding carboxylic acids is 2. The first-order valence-corrected chi connectivity index (χ1v) is 6.84. The molecule has 1 aliphatic rings. The molecule has 114 valence electrons. The molecule has 8 nitrogen and oxygen atoms in total. The van der Waals surface area contributed by atoms with E-state index < -0.39 is 16.7 Å². The molecule has 0 spiro atoms. The van der Waals surface area contributed by atoms with Crippen molar-refractivity contribution in [1.29, 1.82) is 0 Å². The number of nitrogens with one attached hydrogen (secondary N) is 1. The first-order chi connectivity index (χ1) is 10.0. The van der Waals surface area contributed by atoms with Crippen molar-refractivity contribution in [2.45, 2.75) is 19.8 Å². The van der Waals surface area contributed by atoms with Crippen LogP contribution in [0.1, 0.15) is 30.3 Å². The van der Waals surface area contributed by atoms with Crippen molar-refractivity contribution in [2.75, 3.05) is 19.6 Å². The minimum Gasteiger partial charge on any atom is -0.395 e. The van der Waals surface area contributed by atoms with Gasteiger partial charge in [0.05, 0.1) is 12.0 Å². The van der Waals surface area contributed by atoms with Gasteiger partial charge in [0.1, 0.15) is 4.92 Å². The lowest BCUT2D eigenvalue weighted by atomic mass is 9.98. The van der Waals surface area contributed by atoms with Crippen LogP contribution < -0.4 is 5.32 Å². The Bertz CT molecular complexity index is 548. The Balaban J connectivity index is 1.81. The highest BCUT2D eigenvalue weighted by atomic mass is 16.6. The van der Waals surface area contributed by atoms with Crippen molar-refractivity contribution in [3.05, 3.63) is 28.0 Å². The van der Waals surface area contributed by atoms with E-state index in [0.717, 1.165) is 18.9 Å². The van der Waals surface area contributed by atoms with E-state index in [4.69, 9.17) is 4.42 Å². The van der Waals surface area contributed by atoms with E-state index in [1.165, 1.54) is 11.0 Å². The van der Waals surface area contributed by atoms with E-state index >= 15 is 0 Å². The van der Waals surface area contributed by atoms with Crippen LogP contribution in [0.2, 0.25) is 0 Å². The molecule has 2 amide bonds. The van der Waals surface area contributed by atoms with Crippen LogP contribution in [0.5, 0.6) is 0 Å². The van der Waals surface area contributed by atoms with Gasteiger partial charge in [-0.05, 0) is 12.5 Å². The molecule has 0 bridgehead atoms. The molecule has 0 radical (unpaired) electrons. The Morgan fingerprint density at radius 2 is 2.19 bits per heavy atom. The van der Waals surface area contributed by atoms with E-state index in [0.29, 0.717) is 19.6 Å². The van der Waals surface area contributed by atoms with E-state index in [-0.39, 0.29) is 17.6 Å². The number of hydrogen-bond acceptors (Lipinski definition) is 5. The molecule has 1 saturated heterocycles. The summed E-state index contributed by atoms with van der Waals surface area (Å²) in [5, 5.41) is 13.3. The summed E-state index contributed by atoms with van der Waals surface area (Å²) in [4.78, 5) is 34.9. The van der Waals surface area contributed by atoms with Gasteiger partial charge in [-0.2, -0.15) is 0 Å². The molecule has 0 atom stereocenters. The predicted molar refractivity (Wildman–Crippen MR) is 72.7 cm³/mol. The minimum absolute atomic E-state index is 0.0575. The fraction of sp³-hybridized carbons (Fsp3) is 0.538. The van der Waals surface area contributed by atoms with Gasteiger partial charge in [-0.3, -0.25) is 19.7 Å². The van der Waals surface area contributed by atoms with Crippen molar-refractivity contribution in [1.82, 2.24) is 10.2 Å². The number of nitro groups is 1. The predicted octanol–water partition coefficient (Wildman–Crippen LogP) is 1.18. The van der Waals surface area contributed by atoms with Crippen molar-refractivity contribution >= 4 is 17.7 Å². The number of likely N-dealkylation sites (tertiary alicyclic amines) is 1. The first-order valence-electron chi connectivity index (χ1n) is 6.84. The van der Waals surface area contributed by atoms with Crippen LogP contribution in [-0.2, 0) is 4.79 Å². The maximum Gasteiger partial charge on any atom is 0.433 e. The zero-order valence-electron chi connectivity index (χ0n) is 11.7. The van der Waals surface area contributed by atoms with Crippen molar-refractivity contribution < 1.29 is 18.9 Å². The molecule has 2 heterocycles. The Morgan fingerprint density at radius 1 is 1.48 bits per heavy atom. The van der Waals surface area contributed by atoms with Gasteiger partial charge in [-0.15, -0.1) is 0 Å². The second-order valence-electron chi connectivity index (χ2n) is 4.95. The number of nitrogens with zero attached hydrogens (tertiary/aromatic N) is 2. The third-order valence-corrected chi connectivity index (χ3v) is 3.35. The molecular formula is C13H17N3O5.